The van der Waals surface area contributed by atoms with Gasteiger partial charge in [0.05, 0.1) is 23.0 Å². The molecule has 0 atom stereocenters. The number of rotatable bonds is 11. The van der Waals surface area contributed by atoms with Crippen molar-refractivity contribution in [3.8, 4) is 17.2 Å². The number of benzene rings is 2. The van der Waals surface area contributed by atoms with Gasteiger partial charge in [-0.3, -0.25) is 14.6 Å². The predicted molar refractivity (Wildman–Crippen MR) is 166 cm³/mol. The Morgan fingerprint density at radius 1 is 1.07 bits per heavy atom. The molecular formula is C30H34BrN5O7. The second-order valence-corrected chi connectivity index (χ2v) is 11.4. The van der Waals surface area contributed by atoms with Crippen LogP contribution in [0.5, 0.6) is 17.2 Å². The number of alkyl halides is 1. The molecule has 0 unspecified atom stereocenters. The highest BCUT2D eigenvalue weighted by Gasteiger charge is 2.22. The van der Waals surface area contributed by atoms with E-state index in [0.717, 1.165) is 17.1 Å². The van der Waals surface area contributed by atoms with Gasteiger partial charge in [-0.2, -0.15) is 0 Å². The Hall–Kier alpha value is -3.94. The maximum absolute atomic E-state index is 14.1. The number of hydrogen-bond donors (Lipinski definition) is 2. The van der Waals surface area contributed by atoms with Crippen LogP contribution in [-0.4, -0.2) is 89.4 Å². The van der Waals surface area contributed by atoms with Crippen LogP contribution >= 0.6 is 15.9 Å². The molecule has 12 nitrogen and oxygen atoms in total. The summed E-state index contributed by atoms with van der Waals surface area (Å²) >= 11 is 3.30. The second-order valence-electron chi connectivity index (χ2n) is 10.6. The molecule has 13 heteroatoms. The monoisotopic (exact) mass is 655 g/mol. The minimum absolute atomic E-state index is 0.0842. The molecule has 3 heterocycles. The van der Waals surface area contributed by atoms with Crippen molar-refractivity contribution in [1.82, 2.24) is 24.7 Å². The number of pyridine rings is 2. The van der Waals surface area contributed by atoms with Crippen LogP contribution in [0, 0.1) is 0 Å². The van der Waals surface area contributed by atoms with Crippen molar-refractivity contribution in [2.45, 2.75) is 26.0 Å². The number of carbonyl (C=O) groups is 2. The maximum atomic E-state index is 14.1. The average Bonchev–Trinajstić information content (AvgIpc) is 3.45. The molecular weight excluding hydrogens is 622 g/mol. The second kappa shape index (κ2) is 13.1. The van der Waals surface area contributed by atoms with Gasteiger partial charge in [0, 0.05) is 73.6 Å². The van der Waals surface area contributed by atoms with Gasteiger partial charge in [0.2, 0.25) is 12.7 Å². The van der Waals surface area contributed by atoms with E-state index in [9.17, 15) is 19.5 Å². The van der Waals surface area contributed by atoms with E-state index in [1.165, 1.54) is 11.0 Å². The van der Waals surface area contributed by atoms with Gasteiger partial charge in [-0.15, -0.1) is 0 Å². The summed E-state index contributed by atoms with van der Waals surface area (Å²) in [7, 11) is 5.42. The Kier molecular flexibility index (Phi) is 9.33. The van der Waals surface area contributed by atoms with Crippen molar-refractivity contribution in [2.24, 2.45) is 0 Å². The lowest BCUT2D eigenvalue weighted by Gasteiger charge is -2.20. The largest absolute Gasteiger partial charge is 0.454 e. The molecule has 0 saturated heterocycles. The first-order valence-corrected chi connectivity index (χ1v) is 15.1. The molecule has 0 bridgehead atoms. The zero-order valence-corrected chi connectivity index (χ0v) is 25.9. The fourth-order valence-corrected chi connectivity index (χ4v) is 5.28. The van der Waals surface area contributed by atoms with E-state index in [2.05, 4.69) is 26.2 Å². The molecule has 2 N–H and O–H groups in total. The molecule has 43 heavy (non-hydrogen) atoms. The average molecular weight is 657 g/mol. The van der Waals surface area contributed by atoms with E-state index in [0.29, 0.717) is 63.8 Å². The van der Waals surface area contributed by atoms with Crippen molar-refractivity contribution in [2.75, 3.05) is 52.9 Å². The van der Waals surface area contributed by atoms with E-state index in [1.807, 2.05) is 25.1 Å². The number of halogens is 1. The normalized spacial score (nSPS) is 12.4. The molecule has 2 aromatic carbocycles. The van der Waals surface area contributed by atoms with Crippen molar-refractivity contribution < 1.29 is 28.9 Å². The van der Waals surface area contributed by atoms with Crippen LogP contribution in [0.3, 0.4) is 0 Å². The Morgan fingerprint density at radius 3 is 2.56 bits per heavy atom. The molecule has 0 radical (unpaired) electrons. The lowest BCUT2D eigenvalue weighted by Crippen LogP contribution is -2.37. The van der Waals surface area contributed by atoms with Crippen LogP contribution in [-0.2, 0) is 17.9 Å². The van der Waals surface area contributed by atoms with E-state index in [4.69, 9.17) is 14.2 Å². The Balaban J connectivity index is 1.54. The van der Waals surface area contributed by atoms with Crippen molar-refractivity contribution >= 4 is 60.5 Å². The number of ether oxygens (including phenoxy) is 3. The summed E-state index contributed by atoms with van der Waals surface area (Å²) < 4.78 is 18.5. The van der Waals surface area contributed by atoms with Crippen LogP contribution in [0.25, 0.3) is 32.6 Å². The van der Waals surface area contributed by atoms with Crippen LogP contribution in [0.2, 0.25) is 0 Å². The van der Waals surface area contributed by atoms with E-state index in [-0.39, 0.29) is 37.1 Å². The van der Waals surface area contributed by atoms with Gasteiger partial charge in [-0.1, -0.05) is 15.9 Å². The lowest BCUT2D eigenvalue weighted by atomic mass is 10.0. The van der Waals surface area contributed by atoms with E-state index < -0.39 is 12.7 Å². The fourth-order valence-electron chi connectivity index (χ4n) is 5.00. The molecule has 0 aliphatic carbocycles. The maximum Gasteiger partial charge on any atom is 0.415 e. The summed E-state index contributed by atoms with van der Waals surface area (Å²) in [4.78, 5) is 46.9. The van der Waals surface area contributed by atoms with Crippen molar-refractivity contribution in [3.05, 3.63) is 46.4 Å². The fraction of sp³-hybridized carbons (Fsp3) is 0.400. The Bertz CT molecular complexity index is 1760. The number of hydrogen-bond acceptors (Lipinski definition) is 9. The minimum Gasteiger partial charge on any atom is -0.454 e. The third kappa shape index (κ3) is 6.38. The Labute approximate surface area is 256 Å². The van der Waals surface area contributed by atoms with Crippen molar-refractivity contribution in [1.29, 1.82) is 0 Å². The van der Waals surface area contributed by atoms with Gasteiger partial charge in [-0.05, 0) is 44.1 Å². The van der Waals surface area contributed by atoms with E-state index >= 15 is 0 Å². The smallest absolute Gasteiger partial charge is 0.415 e. The SMILES string of the molecule is CN(C)CCn1c(=O)c2cc(OC(=O)N(C)CCNC(=O)CCCBr)c(CO)cc2c2cnc3cc4c(cc3c21)OCO4. The number of likely N-dealkylation sites (N-methyl/N-ethyl adjacent to an activating group) is 2. The third-order valence-electron chi connectivity index (χ3n) is 7.33. The van der Waals surface area contributed by atoms with Gasteiger partial charge in [0.15, 0.2) is 11.5 Å². The highest BCUT2D eigenvalue weighted by atomic mass is 79.9. The van der Waals surface area contributed by atoms with Crippen LogP contribution in [0.15, 0.2) is 35.3 Å². The standard InChI is InChI=1S/C30H34BrN5O7/c1-34(2)9-10-36-28-21-13-25-26(42-17-41-25)14-23(21)33-15-22(28)19-11-18(16-37)24(12-20(19)29(36)39)43-30(40)35(3)8-7-32-27(38)5-4-6-31/h11-15,37H,4-10,16-17H2,1-3H3,(H,32,38). The van der Waals surface area contributed by atoms with Crippen LogP contribution in [0.1, 0.15) is 18.4 Å². The van der Waals surface area contributed by atoms with Gasteiger partial charge in [0.25, 0.3) is 5.56 Å². The van der Waals surface area contributed by atoms with Crippen LogP contribution < -0.4 is 25.1 Å². The molecule has 4 aromatic rings. The number of aliphatic hydroxyl groups excluding tert-OH is 1. The number of aliphatic hydroxyl groups is 1. The summed E-state index contributed by atoms with van der Waals surface area (Å²) in [6, 6.07) is 6.82. The van der Waals surface area contributed by atoms with Crippen LogP contribution in [0.4, 0.5) is 4.79 Å². The summed E-state index contributed by atoms with van der Waals surface area (Å²) in [5.74, 6) is 1.16. The highest BCUT2D eigenvalue weighted by Crippen LogP contribution is 2.39. The Morgan fingerprint density at radius 2 is 1.84 bits per heavy atom. The number of nitrogens with zero attached hydrogens (tertiary/aromatic N) is 4. The molecule has 0 saturated carbocycles. The highest BCUT2D eigenvalue weighted by molar-refractivity contribution is 9.09. The van der Waals surface area contributed by atoms with Gasteiger partial charge in [0.1, 0.15) is 5.75 Å². The first-order chi connectivity index (χ1) is 20.7. The number of amides is 2. The molecule has 1 aliphatic rings. The van der Waals surface area contributed by atoms with Gasteiger partial charge in [-0.25, -0.2) is 4.79 Å². The third-order valence-corrected chi connectivity index (χ3v) is 7.89. The lowest BCUT2D eigenvalue weighted by molar-refractivity contribution is -0.121. The summed E-state index contributed by atoms with van der Waals surface area (Å²) in [5, 5.41) is 16.1. The first-order valence-electron chi connectivity index (χ1n) is 13.9. The number of nitrogens with one attached hydrogen (secondary N) is 1. The first kappa shape index (κ1) is 30.5. The number of carbonyl (C=O) groups excluding carboxylic acids is 2. The van der Waals surface area contributed by atoms with Crippen molar-refractivity contribution in [3.63, 3.8) is 0 Å². The molecule has 0 fully saturated rings. The quantitative estimate of drug-likeness (QED) is 0.184. The predicted octanol–water partition coefficient (Wildman–Crippen LogP) is 3.21. The van der Waals surface area contributed by atoms with Gasteiger partial charge < -0.3 is 39.0 Å². The van der Waals surface area contributed by atoms with E-state index in [1.54, 1.807) is 29.9 Å². The minimum atomic E-state index is -0.679. The molecule has 2 amide bonds. The summed E-state index contributed by atoms with van der Waals surface area (Å²) in [6.45, 7) is 1.18. The zero-order chi connectivity index (χ0) is 30.7. The number of fused-ring (bicyclic) bond motifs is 6. The van der Waals surface area contributed by atoms with Gasteiger partial charge >= 0.3 is 6.09 Å². The molecule has 5 rings (SSSR count). The molecule has 228 valence electrons. The summed E-state index contributed by atoms with van der Waals surface area (Å²) in [6.07, 6.45) is 2.15. The molecule has 1 aliphatic heterocycles. The molecule has 0 spiro atoms. The topological polar surface area (TPSA) is 135 Å². The summed E-state index contributed by atoms with van der Waals surface area (Å²) in [5.41, 5.74) is 1.42. The molecule has 2 aromatic heterocycles. The number of aromatic nitrogens is 2. The zero-order valence-electron chi connectivity index (χ0n) is 24.3.